The standard InChI is InChI=1S/C11H15ClN2O/c1-8-5-10(6-14-11(8)12)15-7-9-3-2-4-13-9/h5-6,9,13H,2-4,7H2,1H3. The molecule has 1 aliphatic rings. The van der Waals surface area contributed by atoms with Crippen molar-refractivity contribution in [1.29, 1.82) is 0 Å². The highest BCUT2D eigenvalue weighted by Crippen LogP contribution is 2.18. The first-order valence-corrected chi connectivity index (χ1v) is 5.62. The lowest BCUT2D eigenvalue weighted by Gasteiger charge is -2.12. The fraction of sp³-hybridized carbons (Fsp3) is 0.545. The number of hydrogen-bond donors (Lipinski definition) is 1. The van der Waals surface area contributed by atoms with Gasteiger partial charge in [-0.2, -0.15) is 0 Å². The molecule has 3 nitrogen and oxygen atoms in total. The SMILES string of the molecule is Cc1cc(OCC2CCCN2)cnc1Cl. The van der Waals surface area contributed by atoms with Gasteiger partial charge in [0.25, 0.3) is 0 Å². The lowest BCUT2D eigenvalue weighted by molar-refractivity contribution is 0.276. The van der Waals surface area contributed by atoms with Crippen molar-refractivity contribution >= 4 is 11.6 Å². The average Bonchev–Trinajstić information content (AvgIpc) is 2.73. The Morgan fingerprint density at radius 1 is 1.67 bits per heavy atom. The second kappa shape index (κ2) is 4.81. The van der Waals surface area contributed by atoms with Crippen LogP contribution in [0.1, 0.15) is 18.4 Å². The zero-order valence-corrected chi connectivity index (χ0v) is 9.55. The Hall–Kier alpha value is -0.800. The van der Waals surface area contributed by atoms with E-state index < -0.39 is 0 Å². The second-order valence-corrected chi connectivity index (χ2v) is 4.24. The van der Waals surface area contributed by atoms with Crippen LogP contribution in [0, 0.1) is 6.92 Å². The van der Waals surface area contributed by atoms with Gasteiger partial charge >= 0.3 is 0 Å². The predicted molar refractivity (Wildman–Crippen MR) is 60.5 cm³/mol. The molecule has 0 aliphatic carbocycles. The van der Waals surface area contributed by atoms with Gasteiger partial charge in [0.05, 0.1) is 6.20 Å². The van der Waals surface area contributed by atoms with E-state index in [0.717, 1.165) is 17.9 Å². The van der Waals surface area contributed by atoms with Gasteiger partial charge in [-0.3, -0.25) is 0 Å². The minimum Gasteiger partial charge on any atom is -0.490 e. The van der Waals surface area contributed by atoms with E-state index in [0.29, 0.717) is 17.8 Å². The first-order valence-electron chi connectivity index (χ1n) is 5.24. The Morgan fingerprint density at radius 2 is 2.53 bits per heavy atom. The Balaban J connectivity index is 1.90. The summed E-state index contributed by atoms with van der Waals surface area (Å²) in [6.07, 6.45) is 4.11. The number of aromatic nitrogens is 1. The molecular weight excluding hydrogens is 212 g/mol. The van der Waals surface area contributed by atoms with Crippen LogP contribution in [-0.4, -0.2) is 24.2 Å². The monoisotopic (exact) mass is 226 g/mol. The van der Waals surface area contributed by atoms with Gasteiger partial charge in [0, 0.05) is 6.04 Å². The summed E-state index contributed by atoms with van der Waals surface area (Å²) in [5, 5.41) is 3.92. The third-order valence-electron chi connectivity index (χ3n) is 2.60. The molecule has 2 rings (SSSR count). The number of nitrogens with one attached hydrogen (secondary N) is 1. The second-order valence-electron chi connectivity index (χ2n) is 3.88. The van der Waals surface area contributed by atoms with Gasteiger partial charge in [0.2, 0.25) is 0 Å². The third kappa shape index (κ3) is 2.83. The maximum absolute atomic E-state index is 5.83. The number of halogens is 1. The van der Waals surface area contributed by atoms with Crippen molar-refractivity contribution in [2.24, 2.45) is 0 Å². The van der Waals surface area contributed by atoms with Crippen LogP contribution in [-0.2, 0) is 0 Å². The molecule has 82 valence electrons. The van der Waals surface area contributed by atoms with E-state index in [-0.39, 0.29) is 0 Å². The molecule has 0 spiro atoms. The number of aryl methyl sites for hydroxylation is 1. The van der Waals surface area contributed by atoms with Crippen LogP contribution < -0.4 is 10.1 Å². The molecule has 0 aromatic carbocycles. The molecule has 1 fully saturated rings. The predicted octanol–water partition coefficient (Wildman–Crippen LogP) is 2.17. The number of pyridine rings is 1. The summed E-state index contributed by atoms with van der Waals surface area (Å²) in [5.41, 5.74) is 0.952. The molecule has 1 aromatic rings. The first kappa shape index (κ1) is 10.7. The normalized spacial score (nSPS) is 20.5. The first-order chi connectivity index (χ1) is 7.25. The van der Waals surface area contributed by atoms with Gasteiger partial charge in [0.15, 0.2) is 0 Å². The summed E-state index contributed by atoms with van der Waals surface area (Å²) in [6, 6.07) is 2.41. The summed E-state index contributed by atoms with van der Waals surface area (Å²) >= 11 is 5.83. The average molecular weight is 227 g/mol. The fourth-order valence-electron chi connectivity index (χ4n) is 1.71. The van der Waals surface area contributed by atoms with Gasteiger partial charge in [-0.15, -0.1) is 0 Å². The minimum absolute atomic E-state index is 0.487. The highest BCUT2D eigenvalue weighted by Gasteiger charge is 2.14. The topological polar surface area (TPSA) is 34.1 Å². The Bertz CT molecular complexity index is 337. The van der Waals surface area contributed by atoms with E-state index in [9.17, 15) is 0 Å². The van der Waals surface area contributed by atoms with Crippen molar-refractivity contribution in [3.63, 3.8) is 0 Å². The summed E-state index contributed by atoms with van der Waals surface area (Å²) in [4.78, 5) is 4.04. The number of hydrogen-bond acceptors (Lipinski definition) is 3. The summed E-state index contributed by atoms with van der Waals surface area (Å²) in [5.74, 6) is 0.797. The van der Waals surface area contributed by atoms with Crippen LogP contribution >= 0.6 is 11.6 Å². The van der Waals surface area contributed by atoms with Crippen molar-refractivity contribution in [3.8, 4) is 5.75 Å². The molecule has 0 bridgehead atoms. The molecule has 0 amide bonds. The Kier molecular flexibility index (Phi) is 3.44. The van der Waals surface area contributed by atoms with Gasteiger partial charge in [0.1, 0.15) is 17.5 Å². The van der Waals surface area contributed by atoms with Crippen LogP contribution in [0.25, 0.3) is 0 Å². The van der Waals surface area contributed by atoms with Crippen molar-refractivity contribution in [2.75, 3.05) is 13.2 Å². The molecule has 15 heavy (non-hydrogen) atoms. The van der Waals surface area contributed by atoms with Crippen LogP contribution in [0.15, 0.2) is 12.3 Å². The van der Waals surface area contributed by atoms with E-state index in [1.165, 1.54) is 12.8 Å². The molecule has 1 saturated heterocycles. The van der Waals surface area contributed by atoms with E-state index in [1.807, 2.05) is 13.0 Å². The molecule has 0 saturated carbocycles. The fourth-order valence-corrected chi connectivity index (χ4v) is 1.81. The minimum atomic E-state index is 0.487. The van der Waals surface area contributed by atoms with Crippen molar-refractivity contribution < 1.29 is 4.74 Å². The largest absolute Gasteiger partial charge is 0.490 e. The van der Waals surface area contributed by atoms with E-state index >= 15 is 0 Å². The number of rotatable bonds is 3. The van der Waals surface area contributed by atoms with E-state index in [2.05, 4.69) is 10.3 Å². The van der Waals surface area contributed by atoms with Gasteiger partial charge in [-0.1, -0.05) is 11.6 Å². The van der Waals surface area contributed by atoms with Crippen molar-refractivity contribution in [3.05, 3.63) is 23.0 Å². The van der Waals surface area contributed by atoms with Gasteiger partial charge < -0.3 is 10.1 Å². The van der Waals surface area contributed by atoms with Crippen molar-refractivity contribution in [1.82, 2.24) is 10.3 Å². The quantitative estimate of drug-likeness (QED) is 0.803. The zero-order chi connectivity index (χ0) is 10.7. The van der Waals surface area contributed by atoms with Crippen LogP contribution in [0.5, 0.6) is 5.75 Å². The molecule has 1 N–H and O–H groups in total. The molecular formula is C11H15ClN2O. The molecule has 4 heteroatoms. The number of ether oxygens (including phenoxy) is 1. The van der Waals surface area contributed by atoms with E-state index in [4.69, 9.17) is 16.3 Å². The van der Waals surface area contributed by atoms with Crippen LogP contribution in [0.2, 0.25) is 5.15 Å². The number of nitrogens with zero attached hydrogens (tertiary/aromatic N) is 1. The molecule has 1 unspecified atom stereocenters. The molecule has 2 heterocycles. The molecule has 1 aliphatic heterocycles. The highest BCUT2D eigenvalue weighted by atomic mass is 35.5. The Labute approximate surface area is 94.8 Å². The summed E-state index contributed by atoms with van der Waals surface area (Å²) in [6.45, 7) is 3.74. The zero-order valence-electron chi connectivity index (χ0n) is 8.79. The summed E-state index contributed by atoms with van der Waals surface area (Å²) in [7, 11) is 0. The molecule has 0 radical (unpaired) electrons. The van der Waals surface area contributed by atoms with Crippen LogP contribution in [0.3, 0.4) is 0 Å². The lowest BCUT2D eigenvalue weighted by atomic mass is 10.2. The summed E-state index contributed by atoms with van der Waals surface area (Å²) < 4.78 is 5.64. The lowest BCUT2D eigenvalue weighted by Crippen LogP contribution is -2.28. The highest BCUT2D eigenvalue weighted by molar-refractivity contribution is 6.30. The smallest absolute Gasteiger partial charge is 0.138 e. The Morgan fingerprint density at radius 3 is 3.20 bits per heavy atom. The maximum atomic E-state index is 5.83. The molecule has 1 aromatic heterocycles. The van der Waals surface area contributed by atoms with E-state index in [1.54, 1.807) is 6.20 Å². The maximum Gasteiger partial charge on any atom is 0.138 e. The molecule has 1 atom stereocenters. The van der Waals surface area contributed by atoms with Crippen molar-refractivity contribution in [2.45, 2.75) is 25.8 Å². The third-order valence-corrected chi connectivity index (χ3v) is 3.00. The van der Waals surface area contributed by atoms with Gasteiger partial charge in [-0.25, -0.2) is 4.98 Å². The van der Waals surface area contributed by atoms with Crippen LogP contribution in [0.4, 0.5) is 0 Å². The van der Waals surface area contributed by atoms with Gasteiger partial charge in [-0.05, 0) is 37.9 Å².